The first-order chi connectivity index (χ1) is 7.13. The normalized spacial score (nSPS) is 10.2. The van der Waals surface area contributed by atoms with E-state index in [9.17, 15) is 5.21 Å². The van der Waals surface area contributed by atoms with E-state index in [1.807, 2.05) is 0 Å². The van der Waals surface area contributed by atoms with Crippen molar-refractivity contribution in [2.45, 2.75) is 0 Å². The Balaban J connectivity index is 2.85. The summed E-state index contributed by atoms with van der Waals surface area (Å²) in [6.45, 7) is 0. The minimum Gasteiger partial charge on any atom is -0.722 e. The van der Waals surface area contributed by atoms with Gasteiger partial charge in [0.15, 0.2) is 0 Å². The van der Waals surface area contributed by atoms with Crippen molar-refractivity contribution in [2.75, 3.05) is 7.11 Å². The van der Waals surface area contributed by atoms with Gasteiger partial charge in [0.05, 0.1) is 13.3 Å². The minimum absolute atomic E-state index is 0.138. The van der Waals surface area contributed by atoms with Crippen LogP contribution in [0.15, 0.2) is 29.4 Å². The summed E-state index contributed by atoms with van der Waals surface area (Å²) >= 11 is 0. The molecule has 0 heterocycles. The van der Waals surface area contributed by atoms with Crippen LogP contribution in [0.1, 0.15) is 5.56 Å². The SMILES string of the molecule is COc1cccc(C=N[N+]([O-])=C(N)N)c1. The predicted octanol–water partition coefficient (Wildman–Crippen LogP) is -0.187. The van der Waals surface area contributed by atoms with E-state index in [-0.39, 0.29) is 4.85 Å². The zero-order valence-corrected chi connectivity index (χ0v) is 8.25. The van der Waals surface area contributed by atoms with Gasteiger partial charge in [-0.3, -0.25) is 11.5 Å². The summed E-state index contributed by atoms with van der Waals surface area (Å²) < 4.78 is 5.00. The van der Waals surface area contributed by atoms with Gasteiger partial charge in [0.2, 0.25) is 0 Å². The lowest BCUT2D eigenvalue weighted by molar-refractivity contribution is -0.463. The second-order valence-electron chi connectivity index (χ2n) is 2.72. The van der Waals surface area contributed by atoms with Crippen LogP contribution in [0, 0.1) is 5.21 Å². The maximum Gasteiger partial charge on any atom is 0.366 e. The van der Waals surface area contributed by atoms with Gasteiger partial charge in [-0.15, -0.1) is 9.95 Å². The quantitative estimate of drug-likeness (QED) is 0.236. The fourth-order valence-corrected chi connectivity index (χ4v) is 0.908. The Bertz CT molecular complexity index is 397. The molecule has 0 bridgehead atoms. The third kappa shape index (κ3) is 3.18. The molecule has 6 nitrogen and oxygen atoms in total. The standard InChI is InChI=1S/C9H12N4O2/c1-15-8-4-2-3-7(5-8)6-12-13(14)9(10)11/h2-6H,10-11H2,1H3. The molecule has 0 atom stereocenters. The fourth-order valence-electron chi connectivity index (χ4n) is 0.908. The molecule has 0 aliphatic rings. The molecule has 0 saturated heterocycles. The molecule has 4 N–H and O–H groups in total. The van der Waals surface area contributed by atoms with Gasteiger partial charge in [-0.25, -0.2) is 0 Å². The topological polar surface area (TPSA) is 99.7 Å². The number of nitrogens with zero attached hydrogens (tertiary/aromatic N) is 2. The predicted molar refractivity (Wildman–Crippen MR) is 57.6 cm³/mol. The van der Waals surface area contributed by atoms with Crippen LogP contribution in [0.3, 0.4) is 0 Å². The Morgan fingerprint density at radius 1 is 1.53 bits per heavy atom. The number of benzene rings is 1. The van der Waals surface area contributed by atoms with Gasteiger partial charge in [-0.2, -0.15) is 0 Å². The van der Waals surface area contributed by atoms with Crippen molar-refractivity contribution in [1.82, 2.24) is 0 Å². The van der Waals surface area contributed by atoms with Crippen LogP contribution in [0.4, 0.5) is 0 Å². The number of guanidine groups is 1. The lowest BCUT2D eigenvalue weighted by Crippen LogP contribution is -2.30. The largest absolute Gasteiger partial charge is 0.722 e. The van der Waals surface area contributed by atoms with Crippen LogP contribution < -0.4 is 16.2 Å². The third-order valence-corrected chi connectivity index (χ3v) is 1.63. The van der Waals surface area contributed by atoms with E-state index in [1.54, 1.807) is 31.4 Å². The summed E-state index contributed by atoms with van der Waals surface area (Å²) in [6, 6.07) is 7.07. The zero-order valence-electron chi connectivity index (χ0n) is 8.25. The molecule has 0 radical (unpaired) electrons. The van der Waals surface area contributed by atoms with Crippen molar-refractivity contribution in [1.29, 1.82) is 0 Å². The van der Waals surface area contributed by atoms with E-state index in [0.29, 0.717) is 5.75 Å². The van der Waals surface area contributed by atoms with E-state index in [2.05, 4.69) is 5.10 Å². The van der Waals surface area contributed by atoms with Crippen molar-refractivity contribution in [3.63, 3.8) is 0 Å². The Kier molecular flexibility index (Phi) is 3.50. The lowest BCUT2D eigenvalue weighted by atomic mass is 10.2. The molecule has 15 heavy (non-hydrogen) atoms. The van der Waals surface area contributed by atoms with Gasteiger partial charge in [0, 0.05) is 0 Å². The number of nitrogens with two attached hydrogens (primary N) is 2. The molecule has 0 fully saturated rings. The van der Waals surface area contributed by atoms with Gasteiger partial charge < -0.3 is 9.94 Å². The van der Waals surface area contributed by atoms with E-state index in [4.69, 9.17) is 16.2 Å². The van der Waals surface area contributed by atoms with Crippen molar-refractivity contribution < 1.29 is 9.58 Å². The summed E-state index contributed by atoms with van der Waals surface area (Å²) in [4.78, 5) is 0.138. The van der Waals surface area contributed by atoms with E-state index in [0.717, 1.165) is 5.56 Å². The monoisotopic (exact) mass is 208 g/mol. The molecule has 0 spiro atoms. The number of hydrogen-bond acceptors (Lipinski definition) is 3. The van der Waals surface area contributed by atoms with E-state index in [1.165, 1.54) is 6.21 Å². The van der Waals surface area contributed by atoms with Crippen molar-refractivity contribution >= 4 is 12.2 Å². The van der Waals surface area contributed by atoms with E-state index >= 15 is 0 Å². The molecule has 0 amide bonds. The summed E-state index contributed by atoms with van der Waals surface area (Å²) in [7, 11) is 1.56. The van der Waals surface area contributed by atoms with Crippen LogP contribution in [-0.2, 0) is 0 Å². The van der Waals surface area contributed by atoms with Gasteiger partial charge in [-0.05, 0) is 17.7 Å². The number of hydrazone groups is 1. The third-order valence-electron chi connectivity index (χ3n) is 1.63. The molecule has 0 saturated carbocycles. The summed E-state index contributed by atoms with van der Waals surface area (Å²) in [5, 5.41) is 14.4. The Morgan fingerprint density at radius 2 is 2.27 bits per heavy atom. The van der Waals surface area contributed by atoms with Gasteiger partial charge >= 0.3 is 5.96 Å². The smallest absolute Gasteiger partial charge is 0.366 e. The summed E-state index contributed by atoms with van der Waals surface area (Å²) in [6.07, 6.45) is 1.34. The molecule has 0 aliphatic carbocycles. The molecular formula is C9H12N4O2. The van der Waals surface area contributed by atoms with Crippen LogP contribution in [-0.4, -0.2) is 24.1 Å². The fraction of sp³-hybridized carbons (Fsp3) is 0.111. The number of methoxy groups -OCH3 is 1. The van der Waals surface area contributed by atoms with Crippen molar-refractivity contribution in [3.8, 4) is 5.75 Å². The highest BCUT2D eigenvalue weighted by atomic mass is 16.5. The Labute approximate surface area is 87.0 Å². The van der Waals surface area contributed by atoms with Gasteiger partial charge in [0.25, 0.3) is 0 Å². The molecule has 6 heteroatoms. The second-order valence-corrected chi connectivity index (χ2v) is 2.72. The maximum atomic E-state index is 10.9. The molecule has 0 unspecified atom stereocenters. The molecule has 1 aromatic carbocycles. The molecule has 80 valence electrons. The van der Waals surface area contributed by atoms with Gasteiger partial charge in [-0.1, -0.05) is 12.1 Å². The van der Waals surface area contributed by atoms with Crippen molar-refractivity contribution in [2.24, 2.45) is 16.6 Å². The minimum atomic E-state index is -0.408. The molecular weight excluding hydrogens is 196 g/mol. The number of hydrogen-bond donors (Lipinski definition) is 2. The molecule has 0 aromatic heterocycles. The summed E-state index contributed by atoms with van der Waals surface area (Å²) in [5.74, 6) is 0.273. The van der Waals surface area contributed by atoms with Crippen LogP contribution in [0.5, 0.6) is 5.75 Å². The second kappa shape index (κ2) is 4.85. The average molecular weight is 208 g/mol. The Morgan fingerprint density at radius 3 is 2.87 bits per heavy atom. The zero-order chi connectivity index (χ0) is 11.3. The molecule has 0 aliphatic heterocycles. The van der Waals surface area contributed by atoms with Crippen LogP contribution in [0.2, 0.25) is 0 Å². The van der Waals surface area contributed by atoms with Crippen LogP contribution in [0.25, 0.3) is 0 Å². The average Bonchev–Trinajstić information content (AvgIpc) is 2.26. The highest BCUT2D eigenvalue weighted by Gasteiger charge is 1.93. The first-order valence-electron chi connectivity index (χ1n) is 4.16. The maximum absolute atomic E-state index is 10.9. The lowest BCUT2D eigenvalue weighted by Gasteiger charge is -2.03. The number of ether oxygens (including phenoxy) is 1. The highest BCUT2D eigenvalue weighted by molar-refractivity contribution is 5.80. The van der Waals surface area contributed by atoms with Crippen LogP contribution >= 0.6 is 0 Å². The first-order valence-corrected chi connectivity index (χ1v) is 4.16. The first kappa shape index (κ1) is 10.8. The van der Waals surface area contributed by atoms with Gasteiger partial charge in [0.1, 0.15) is 5.75 Å². The number of rotatable bonds is 3. The molecule has 1 aromatic rings. The molecule has 1 rings (SSSR count). The Hall–Kier alpha value is -2.24. The summed E-state index contributed by atoms with van der Waals surface area (Å²) in [5.41, 5.74) is 10.8. The highest BCUT2D eigenvalue weighted by Crippen LogP contribution is 2.10. The van der Waals surface area contributed by atoms with E-state index < -0.39 is 5.96 Å². The van der Waals surface area contributed by atoms with Crippen molar-refractivity contribution in [3.05, 3.63) is 35.0 Å².